The highest BCUT2D eigenvalue weighted by Gasteiger charge is 2.15. The van der Waals surface area contributed by atoms with Gasteiger partial charge in [-0.15, -0.1) is 0 Å². The quantitative estimate of drug-likeness (QED) is 0.873. The molecule has 2 rings (SSSR count). The fourth-order valence-corrected chi connectivity index (χ4v) is 2.93. The smallest absolute Gasteiger partial charge is 0.0363 e. The summed E-state index contributed by atoms with van der Waals surface area (Å²) in [4.78, 5) is 2.40. The summed E-state index contributed by atoms with van der Waals surface area (Å²) in [6.07, 6.45) is 3.87. The molecule has 1 aliphatic rings. The zero-order valence-electron chi connectivity index (χ0n) is 12.7. The Bertz CT molecular complexity index is 363. The molecule has 1 aromatic carbocycles. The first kappa shape index (κ1) is 14.4. The monoisotopic (exact) mass is 260 g/mol. The highest BCUT2D eigenvalue weighted by Crippen LogP contribution is 2.19. The maximum absolute atomic E-state index is 3.50. The van der Waals surface area contributed by atoms with Gasteiger partial charge in [0.15, 0.2) is 0 Å². The summed E-state index contributed by atoms with van der Waals surface area (Å²) >= 11 is 0. The van der Waals surface area contributed by atoms with Crippen LogP contribution < -0.4 is 10.2 Å². The molecular weight excluding hydrogens is 232 g/mol. The Balaban J connectivity index is 1.89. The van der Waals surface area contributed by atoms with Crippen LogP contribution in [0.2, 0.25) is 0 Å². The van der Waals surface area contributed by atoms with Gasteiger partial charge >= 0.3 is 0 Å². The van der Waals surface area contributed by atoms with E-state index in [0.717, 1.165) is 18.4 Å². The fraction of sp³-hybridized carbons (Fsp3) is 0.647. The summed E-state index contributed by atoms with van der Waals surface area (Å²) in [7, 11) is 2.21. The summed E-state index contributed by atoms with van der Waals surface area (Å²) in [6.45, 7) is 8.09. The summed E-state index contributed by atoms with van der Waals surface area (Å²) in [5.41, 5.74) is 2.80. The van der Waals surface area contributed by atoms with Gasteiger partial charge in [-0.3, -0.25) is 0 Å². The lowest BCUT2D eigenvalue weighted by atomic mass is 9.98. The lowest BCUT2D eigenvalue weighted by molar-refractivity contribution is 0.381. The summed E-state index contributed by atoms with van der Waals surface area (Å²) in [5.74, 6) is 1.53. The zero-order valence-corrected chi connectivity index (χ0v) is 12.7. The van der Waals surface area contributed by atoms with Crippen molar-refractivity contribution >= 4 is 5.69 Å². The third-order valence-electron chi connectivity index (χ3n) is 3.95. The second-order valence-electron chi connectivity index (χ2n) is 6.36. The van der Waals surface area contributed by atoms with Gasteiger partial charge in [0, 0.05) is 19.3 Å². The van der Waals surface area contributed by atoms with E-state index in [9.17, 15) is 0 Å². The van der Waals surface area contributed by atoms with E-state index in [-0.39, 0.29) is 0 Å². The summed E-state index contributed by atoms with van der Waals surface area (Å²) < 4.78 is 0. The molecule has 0 aromatic heterocycles. The van der Waals surface area contributed by atoms with E-state index in [1.54, 1.807) is 0 Å². The molecule has 2 heteroatoms. The van der Waals surface area contributed by atoms with Crippen LogP contribution in [0.5, 0.6) is 0 Å². The topological polar surface area (TPSA) is 15.3 Å². The lowest BCUT2D eigenvalue weighted by Gasteiger charge is -2.29. The van der Waals surface area contributed by atoms with Crippen LogP contribution in [0.1, 0.15) is 32.3 Å². The van der Waals surface area contributed by atoms with Crippen molar-refractivity contribution in [1.29, 1.82) is 0 Å². The van der Waals surface area contributed by atoms with Gasteiger partial charge in [-0.05, 0) is 61.9 Å². The minimum atomic E-state index is 0.733. The maximum atomic E-state index is 3.50. The van der Waals surface area contributed by atoms with E-state index in [1.807, 2.05) is 0 Å². The Morgan fingerprint density at radius 3 is 2.58 bits per heavy atom. The number of benzene rings is 1. The molecule has 0 aliphatic carbocycles. The molecule has 19 heavy (non-hydrogen) atoms. The Labute approximate surface area is 118 Å². The number of rotatable bonds is 5. The minimum absolute atomic E-state index is 0.733. The minimum Gasteiger partial charge on any atom is -0.374 e. The van der Waals surface area contributed by atoms with Gasteiger partial charge in [0.2, 0.25) is 0 Å². The maximum Gasteiger partial charge on any atom is 0.0363 e. The highest BCUT2D eigenvalue weighted by atomic mass is 15.1. The van der Waals surface area contributed by atoms with E-state index >= 15 is 0 Å². The number of nitrogens with zero attached hydrogens (tertiary/aromatic N) is 1. The highest BCUT2D eigenvalue weighted by molar-refractivity contribution is 5.47. The molecule has 1 N–H and O–H groups in total. The largest absolute Gasteiger partial charge is 0.374 e. The number of hydrogen-bond donors (Lipinski definition) is 1. The second kappa shape index (κ2) is 6.95. The van der Waals surface area contributed by atoms with Crippen molar-refractivity contribution in [2.24, 2.45) is 11.8 Å². The summed E-state index contributed by atoms with van der Waals surface area (Å²) in [6, 6.07) is 9.11. The molecule has 1 unspecified atom stereocenters. The van der Waals surface area contributed by atoms with Crippen molar-refractivity contribution in [2.45, 2.75) is 33.1 Å². The van der Waals surface area contributed by atoms with Crippen molar-refractivity contribution in [1.82, 2.24) is 5.32 Å². The van der Waals surface area contributed by atoms with Crippen LogP contribution in [-0.2, 0) is 6.42 Å². The number of hydrogen-bond acceptors (Lipinski definition) is 2. The van der Waals surface area contributed by atoms with Crippen LogP contribution in [-0.4, -0.2) is 26.7 Å². The first-order valence-corrected chi connectivity index (χ1v) is 7.66. The van der Waals surface area contributed by atoms with Crippen LogP contribution in [0.25, 0.3) is 0 Å². The Morgan fingerprint density at radius 2 is 2.00 bits per heavy atom. The van der Waals surface area contributed by atoms with E-state index in [4.69, 9.17) is 0 Å². The van der Waals surface area contributed by atoms with Crippen LogP contribution in [0.4, 0.5) is 5.69 Å². The van der Waals surface area contributed by atoms with Crippen LogP contribution in [0, 0.1) is 11.8 Å². The van der Waals surface area contributed by atoms with E-state index in [1.165, 1.54) is 43.6 Å². The predicted octanol–water partition coefficient (Wildman–Crippen LogP) is 3.32. The molecule has 0 bridgehead atoms. The molecule has 0 amide bonds. The molecule has 1 fully saturated rings. The molecule has 1 aliphatic heterocycles. The van der Waals surface area contributed by atoms with E-state index < -0.39 is 0 Å². The standard InChI is InChI=1S/C17H28N2/c1-14(2)11-15-6-8-17(9-7-15)19(3)13-16-5-4-10-18-12-16/h6-9,14,16,18H,4-5,10-13H2,1-3H3. The van der Waals surface area contributed by atoms with Crippen molar-refractivity contribution in [2.75, 3.05) is 31.6 Å². The Morgan fingerprint density at radius 1 is 1.26 bits per heavy atom. The number of piperidine rings is 1. The molecule has 1 heterocycles. The van der Waals surface area contributed by atoms with Gasteiger partial charge in [-0.1, -0.05) is 26.0 Å². The SMILES string of the molecule is CC(C)Cc1ccc(N(C)CC2CCCNC2)cc1. The first-order chi connectivity index (χ1) is 9.15. The Hall–Kier alpha value is -1.02. The van der Waals surface area contributed by atoms with Crippen LogP contribution in [0.3, 0.4) is 0 Å². The van der Waals surface area contributed by atoms with Gasteiger partial charge in [-0.25, -0.2) is 0 Å². The molecule has 0 spiro atoms. The third-order valence-corrected chi connectivity index (χ3v) is 3.95. The zero-order chi connectivity index (χ0) is 13.7. The van der Waals surface area contributed by atoms with Crippen molar-refractivity contribution in [3.8, 4) is 0 Å². The molecule has 0 saturated carbocycles. The molecule has 0 radical (unpaired) electrons. The molecule has 1 aromatic rings. The molecular formula is C17H28N2. The van der Waals surface area contributed by atoms with Crippen molar-refractivity contribution < 1.29 is 0 Å². The van der Waals surface area contributed by atoms with Crippen LogP contribution >= 0.6 is 0 Å². The molecule has 106 valence electrons. The van der Waals surface area contributed by atoms with E-state index in [2.05, 4.69) is 55.4 Å². The second-order valence-corrected chi connectivity index (χ2v) is 6.36. The predicted molar refractivity (Wildman–Crippen MR) is 83.8 cm³/mol. The first-order valence-electron chi connectivity index (χ1n) is 7.66. The third kappa shape index (κ3) is 4.54. The number of anilines is 1. The average Bonchev–Trinajstić information content (AvgIpc) is 2.40. The van der Waals surface area contributed by atoms with Gasteiger partial charge in [0.05, 0.1) is 0 Å². The summed E-state index contributed by atoms with van der Waals surface area (Å²) in [5, 5.41) is 3.50. The van der Waals surface area contributed by atoms with Gasteiger partial charge < -0.3 is 10.2 Å². The van der Waals surface area contributed by atoms with Gasteiger partial charge in [0.1, 0.15) is 0 Å². The normalized spacial score (nSPS) is 19.7. The Kier molecular flexibility index (Phi) is 5.26. The van der Waals surface area contributed by atoms with Crippen molar-refractivity contribution in [3.05, 3.63) is 29.8 Å². The molecule has 2 nitrogen and oxygen atoms in total. The van der Waals surface area contributed by atoms with Gasteiger partial charge in [0.25, 0.3) is 0 Å². The number of nitrogens with one attached hydrogen (secondary N) is 1. The van der Waals surface area contributed by atoms with Crippen molar-refractivity contribution in [3.63, 3.8) is 0 Å². The van der Waals surface area contributed by atoms with Gasteiger partial charge in [-0.2, -0.15) is 0 Å². The van der Waals surface area contributed by atoms with E-state index in [0.29, 0.717) is 0 Å². The molecule has 1 atom stereocenters. The average molecular weight is 260 g/mol. The lowest BCUT2D eigenvalue weighted by Crippen LogP contribution is -2.36. The molecule has 1 saturated heterocycles. The van der Waals surface area contributed by atoms with Crippen LogP contribution in [0.15, 0.2) is 24.3 Å². The fourth-order valence-electron chi connectivity index (χ4n) is 2.93.